The monoisotopic (exact) mass is 582 g/mol. The average molecular weight is 583 g/mol. The van der Waals surface area contributed by atoms with Crippen molar-refractivity contribution in [2.45, 2.75) is 49.9 Å². The Morgan fingerprint density at radius 2 is 0.909 bits per heavy atom. The summed E-state index contributed by atoms with van der Waals surface area (Å²) in [5.74, 6) is 0.905. The Morgan fingerprint density at radius 3 is 1.36 bits per heavy atom. The van der Waals surface area contributed by atoms with Crippen molar-refractivity contribution in [2.24, 2.45) is 0 Å². The van der Waals surface area contributed by atoms with Gasteiger partial charge in [0.1, 0.15) is 23.4 Å². The molecule has 44 heavy (non-hydrogen) atoms. The van der Waals surface area contributed by atoms with Crippen LogP contribution in [-0.4, -0.2) is 66.0 Å². The first-order chi connectivity index (χ1) is 21.8. The summed E-state index contributed by atoms with van der Waals surface area (Å²) in [5, 5.41) is 19.1. The van der Waals surface area contributed by atoms with E-state index in [2.05, 4.69) is 126 Å². The zero-order chi connectivity index (χ0) is 29.3. The quantitative estimate of drug-likeness (QED) is 0.210. The van der Waals surface area contributed by atoms with E-state index in [1.54, 1.807) is 0 Å². The molecule has 4 aromatic carbocycles. The lowest BCUT2D eigenvalue weighted by Gasteiger charge is -2.47. The first-order valence-electron chi connectivity index (χ1n) is 16.0. The number of rotatable bonds is 7. The van der Waals surface area contributed by atoms with Crippen LogP contribution in [0.2, 0.25) is 0 Å². The van der Waals surface area contributed by atoms with Crippen molar-refractivity contribution in [3.05, 3.63) is 120 Å². The van der Waals surface area contributed by atoms with Crippen molar-refractivity contribution >= 4 is 22.1 Å². The first kappa shape index (κ1) is 27.2. The molecule has 8 rings (SSSR count). The summed E-state index contributed by atoms with van der Waals surface area (Å²) in [6.07, 6.45) is 4.35. The SMILES string of the molecule is c1ccc(C2CCCN(C(C(N3CCCC(c4ccccc4)C3)n3nnc4ccccc43)n3nnc4ccccc43)C2)cc1. The number of hydrogen-bond donors (Lipinski definition) is 0. The van der Waals surface area contributed by atoms with Crippen molar-refractivity contribution in [1.82, 2.24) is 39.8 Å². The molecule has 0 aliphatic carbocycles. The molecule has 0 saturated carbocycles. The zero-order valence-corrected chi connectivity index (χ0v) is 24.9. The van der Waals surface area contributed by atoms with Gasteiger partial charge in [-0.1, -0.05) is 95.4 Å². The number of aromatic nitrogens is 6. The van der Waals surface area contributed by atoms with Crippen LogP contribution in [0.4, 0.5) is 0 Å². The molecule has 4 atom stereocenters. The summed E-state index contributed by atoms with van der Waals surface area (Å²) in [5.41, 5.74) is 6.73. The lowest BCUT2D eigenvalue weighted by Crippen LogP contribution is -2.51. The smallest absolute Gasteiger partial charge is 0.143 e. The van der Waals surface area contributed by atoms with E-state index in [-0.39, 0.29) is 12.3 Å². The highest BCUT2D eigenvalue weighted by Gasteiger charge is 2.41. The van der Waals surface area contributed by atoms with E-state index in [4.69, 9.17) is 10.4 Å². The molecule has 4 unspecified atom stereocenters. The summed E-state index contributed by atoms with van der Waals surface area (Å²) in [4.78, 5) is 5.30. The van der Waals surface area contributed by atoms with Gasteiger partial charge in [0.15, 0.2) is 0 Å². The summed E-state index contributed by atoms with van der Waals surface area (Å²) in [6.45, 7) is 3.87. The third-order valence-electron chi connectivity index (χ3n) is 9.72. The highest BCUT2D eigenvalue weighted by Crippen LogP contribution is 2.41. The lowest BCUT2D eigenvalue weighted by atomic mass is 9.89. The Bertz CT molecular complexity index is 1700. The van der Waals surface area contributed by atoms with Gasteiger partial charge < -0.3 is 0 Å². The van der Waals surface area contributed by atoms with Gasteiger partial charge in [-0.2, -0.15) is 0 Å². The van der Waals surface area contributed by atoms with Gasteiger partial charge in [-0.25, -0.2) is 9.36 Å². The number of benzene rings is 4. The fourth-order valence-corrected chi connectivity index (χ4v) is 7.59. The van der Waals surface area contributed by atoms with Gasteiger partial charge in [-0.15, -0.1) is 10.2 Å². The first-order valence-corrected chi connectivity index (χ1v) is 16.0. The van der Waals surface area contributed by atoms with Gasteiger partial charge in [0.25, 0.3) is 0 Å². The third kappa shape index (κ3) is 5.08. The molecule has 0 amide bonds. The maximum Gasteiger partial charge on any atom is 0.143 e. The normalized spacial score (nSPS) is 21.5. The number of nitrogens with zero attached hydrogens (tertiary/aromatic N) is 8. The van der Waals surface area contributed by atoms with Gasteiger partial charge in [-0.05, 0) is 72.9 Å². The number of piperidine rings is 2. The van der Waals surface area contributed by atoms with Crippen LogP contribution in [-0.2, 0) is 0 Å². The minimum absolute atomic E-state index is 0.131. The molecule has 0 N–H and O–H groups in total. The minimum Gasteiger partial charge on any atom is -0.278 e. The van der Waals surface area contributed by atoms with E-state index in [1.807, 2.05) is 12.1 Å². The molecule has 8 heteroatoms. The second kappa shape index (κ2) is 11.9. The van der Waals surface area contributed by atoms with Crippen molar-refractivity contribution in [3.8, 4) is 0 Å². The highest BCUT2D eigenvalue weighted by molar-refractivity contribution is 5.75. The predicted octanol–water partition coefficient (Wildman–Crippen LogP) is 6.63. The van der Waals surface area contributed by atoms with E-state index >= 15 is 0 Å². The second-order valence-electron chi connectivity index (χ2n) is 12.4. The van der Waals surface area contributed by atoms with E-state index in [0.29, 0.717) is 11.8 Å². The van der Waals surface area contributed by atoms with E-state index in [1.165, 1.54) is 24.0 Å². The maximum absolute atomic E-state index is 4.89. The summed E-state index contributed by atoms with van der Waals surface area (Å²) >= 11 is 0. The topological polar surface area (TPSA) is 67.9 Å². The van der Waals surface area contributed by atoms with Crippen molar-refractivity contribution in [2.75, 3.05) is 26.2 Å². The molecule has 2 aliphatic rings. The summed E-state index contributed by atoms with van der Waals surface area (Å²) in [7, 11) is 0. The molecule has 2 aliphatic heterocycles. The molecule has 2 fully saturated rings. The van der Waals surface area contributed by atoms with E-state index < -0.39 is 0 Å². The third-order valence-corrected chi connectivity index (χ3v) is 9.72. The number of fused-ring (bicyclic) bond motifs is 2. The van der Waals surface area contributed by atoms with Gasteiger partial charge in [-0.3, -0.25) is 9.80 Å². The molecule has 0 bridgehead atoms. The standard InChI is InChI=1S/C36H38N8/c1-3-13-27(14-4-1)29-17-11-23-41(25-29)35(43-33-21-9-7-19-31(33)37-39-43)36(44-34-22-10-8-20-32(34)38-40-44)42-24-12-18-30(26-42)28-15-5-2-6-16-28/h1-10,13-16,19-22,29-30,35-36H,11-12,17-18,23-26H2. The van der Waals surface area contributed by atoms with Crippen LogP contribution in [0.15, 0.2) is 109 Å². The summed E-state index contributed by atoms with van der Waals surface area (Å²) in [6, 6.07) is 38.7. The molecule has 0 radical (unpaired) electrons. The fourth-order valence-electron chi connectivity index (χ4n) is 7.59. The van der Waals surface area contributed by atoms with Gasteiger partial charge in [0.2, 0.25) is 0 Å². The molecular weight excluding hydrogens is 544 g/mol. The Kier molecular flexibility index (Phi) is 7.37. The Labute approximate surface area is 257 Å². The highest BCUT2D eigenvalue weighted by atomic mass is 15.6. The molecule has 6 aromatic rings. The maximum atomic E-state index is 4.89. The van der Waals surface area contributed by atoms with Crippen LogP contribution in [0.1, 0.15) is 61.0 Å². The Balaban J connectivity index is 1.28. The summed E-state index contributed by atoms with van der Waals surface area (Å²) < 4.78 is 4.35. The molecule has 0 spiro atoms. The lowest BCUT2D eigenvalue weighted by molar-refractivity contribution is -0.0365. The van der Waals surface area contributed by atoms with Gasteiger partial charge in [0.05, 0.1) is 11.0 Å². The predicted molar refractivity (Wildman–Crippen MR) is 173 cm³/mol. The zero-order valence-electron chi connectivity index (χ0n) is 24.9. The molecular formula is C36H38N8. The molecule has 2 aromatic heterocycles. The molecule has 8 nitrogen and oxygen atoms in total. The fraction of sp³-hybridized carbons (Fsp3) is 0.333. The largest absolute Gasteiger partial charge is 0.278 e. The number of likely N-dealkylation sites (tertiary alicyclic amines) is 2. The Morgan fingerprint density at radius 1 is 0.500 bits per heavy atom. The molecule has 4 heterocycles. The van der Waals surface area contributed by atoms with Crippen LogP contribution >= 0.6 is 0 Å². The van der Waals surface area contributed by atoms with Gasteiger partial charge in [0, 0.05) is 26.2 Å². The van der Waals surface area contributed by atoms with Crippen LogP contribution in [0.5, 0.6) is 0 Å². The van der Waals surface area contributed by atoms with Crippen LogP contribution in [0, 0.1) is 0 Å². The molecule has 222 valence electrons. The van der Waals surface area contributed by atoms with E-state index in [0.717, 1.165) is 61.1 Å². The van der Waals surface area contributed by atoms with E-state index in [9.17, 15) is 0 Å². The average Bonchev–Trinajstić information content (AvgIpc) is 3.73. The van der Waals surface area contributed by atoms with Gasteiger partial charge >= 0.3 is 0 Å². The van der Waals surface area contributed by atoms with Crippen LogP contribution < -0.4 is 0 Å². The van der Waals surface area contributed by atoms with Crippen molar-refractivity contribution < 1.29 is 0 Å². The minimum atomic E-state index is -0.131. The molecule has 2 saturated heterocycles. The second-order valence-corrected chi connectivity index (χ2v) is 12.4. The number of hydrogen-bond acceptors (Lipinski definition) is 6. The number of para-hydroxylation sites is 2. The van der Waals surface area contributed by atoms with Crippen LogP contribution in [0.25, 0.3) is 22.1 Å². The Hall–Kier alpha value is -4.40. The van der Waals surface area contributed by atoms with Crippen molar-refractivity contribution in [3.63, 3.8) is 0 Å². The van der Waals surface area contributed by atoms with Crippen molar-refractivity contribution in [1.29, 1.82) is 0 Å². The van der Waals surface area contributed by atoms with Crippen LogP contribution in [0.3, 0.4) is 0 Å².